The average Bonchev–Trinajstić information content (AvgIpc) is 2.55. The molecule has 2 aromatic rings. The Labute approximate surface area is 126 Å². The largest absolute Gasteiger partial charge is 0.0772 e. The Morgan fingerprint density at radius 1 is 0.571 bits per heavy atom. The molecule has 4 rings (SSSR count). The fraction of sp³-hybridized carbons (Fsp3) is 0.238. The fourth-order valence-electron chi connectivity index (χ4n) is 3.81. The molecule has 0 fully saturated rings. The molecule has 0 aromatic heterocycles. The minimum Gasteiger partial charge on any atom is -0.0772 e. The lowest BCUT2D eigenvalue weighted by molar-refractivity contribution is 0.457. The van der Waals surface area contributed by atoms with Crippen molar-refractivity contribution in [2.45, 2.75) is 19.3 Å². The summed E-state index contributed by atoms with van der Waals surface area (Å²) in [6.07, 6.45) is 8.77. The van der Waals surface area contributed by atoms with Crippen LogP contribution in [0.2, 0.25) is 0 Å². The first-order valence-corrected chi connectivity index (χ1v) is 7.91. The maximum absolute atomic E-state index is 2.53. The van der Waals surface area contributed by atoms with Gasteiger partial charge in [-0.05, 0) is 53.4 Å². The third-order valence-corrected chi connectivity index (χ3v) is 4.73. The molecule has 0 heteroatoms. The van der Waals surface area contributed by atoms with E-state index in [1.54, 1.807) is 11.1 Å². The van der Waals surface area contributed by atoms with Crippen LogP contribution >= 0.6 is 0 Å². The predicted octanol–water partition coefficient (Wildman–Crippen LogP) is 5.58. The lowest BCUT2D eigenvalue weighted by Crippen LogP contribution is -2.18. The van der Waals surface area contributed by atoms with Crippen LogP contribution in [-0.2, 0) is 0 Å². The quantitative estimate of drug-likeness (QED) is 0.669. The molecule has 2 bridgehead atoms. The lowest BCUT2D eigenvalue weighted by atomic mass is 9.72. The second-order valence-electron chi connectivity index (χ2n) is 6.28. The summed E-state index contributed by atoms with van der Waals surface area (Å²) in [6, 6.07) is 21.8. The Hall–Kier alpha value is -2.08. The maximum atomic E-state index is 2.53. The first-order chi connectivity index (χ1) is 10.4. The van der Waals surface area contributed by atoms with Gasteiger partial charge in [0.1, 0.15) is 0 Å². The molecule has 2 aromatic carbocycles. The molecule has 2 atom stereocenters. The second-order valence-corrected chi connectivity index (χ2v) is 6.28. The van der Waals surface area contributed by atoms with Gasteiger partial charge in [-0.2, -0.15) is 0 Å². The first kappa shape index (κ1) is 12.6. The van der Waals surface area contributed by atoms with Crippen LogP contribution < -0.4 is 0 Å². The molecular formula is C21H20. The first-order valence-electron chi connectivity index (χ1n) is 7.91. The Bertz CT molecular complexity index is 615. The van der Waals surface area contributed by atoms with Crippen molar-refractivity contribution in [1.82, 2.24) is 0 Å². The molecular weight excluding hydrogens is 252 g/mol. The Kier molecular flexibility index (Phi) is 3.23. The van der Waals surface area contributed by atoms with E-state index in [-0.39, 0.29) is 0 Å². The smallest absolute Gasteiger partial charge is 0.0181 e. The van der Waals surface area contributed by atoms with E-state index in [1.165, 1.54) is 30.4 Å². The molecule has 2 aliphatic carbocycles. The highest BCUT2D eigenvalue weighted by Gasteiger charge is 2.27. The molecule has 21 heavy (non-hydrogen) atoms. The van der Waals surface area contributed by atoms with Crippen molar-refractivity contribution in [2.75, 3.05) is 0 Å². The molecule has 0 N–H and O–H groups in total. The van der Waals surface area contributed by atoms with Gasteiger partial charge >= 0.3 is 0 Å². The summed E-state index contributed by atoms with van der Waals surface area (Å²) in [6.45, 7) is 0. The molecule has 0 radical (unpaired) electrons. The van der Waals surface area contributed by atoms with Crippen molar-refractivity contribution in [3.63, 3.8) is 0 Å². The molecule has 0 saturated carbocycles. The summed E-state index contributed by atoms with van der Waals surface area (Å²) in [5.74, 6) is 1.42. The van der Waals surface area contributed by atoms with Crippen molar-refractivity contribution < 1.29 is 0 Å². The highest BCUT2D eigenvalue weighted by molar-refractivity contribution is 5.72. The lowest BCUT2D eigenvalue weighted by Gasteiger charge is -2.33. The Morgan fingerprint density at radius 2 is 1.00 bits per heavy atom. The molecule has 0 nitrogen and oxygen atoms in total. The fourth-order valence-corrected chi connectivity index (χ4v) is 3.81. The van der Waals surface area contributed by atoms with Gasteiger partial charge in [0.25, 0.3) is 0 Å². The molecule has 0 saturated heterocycles. The maximum Gasteiger partial charge on any atom is -0.0181 e. The summed E-state index contributed by atoms with van der Waals surface area (Å²) < 4.78 is 0. The monoisotopic (exact) mass is 272 g/mol. The van der Waals surface area contributed by atoms with Crippen molar-refractivity contribution >= 4 is 11.1 Å². The number of hydrogen-bond donors (Lipinski definition) is 0. The predicted molar refractivity (Wildman–Crippen MR) is 89.7 cm³/mol. The highest BCUT2D eigenvalue weighted by Crippen LogP contribution is 2.43. The molecule has 0 unspecified atom stereocenters. The van der Waals surface area contributed by atoms with Crippen molar-refractivity contribution in [2.24, 2.45) is 11.8 Å². The summed E-state index contributed by atoms with van der Waals surface area (Å²) in [5, 5.41) is 0. The number of allylic oxidation sites excluding steroid dienone is 4. The van der Waals surface area contributed by atoms with Crippen LogP contribution in [0.25, 0.3) is 11.1 Å². The zero-order valence-corrected chi connectivity index (χ0v) is 12.2. The van der Waals surface area contributed by atoms with Gasteiger partial charge in [0, 0.05) is 0 Å². The van der Waals surface area contributed by atoms with Gasteiger partial charge in [0.2, 0.25) is 0 Å². The number of fused-ring (bicyclic) bond motifs is 2. The van der Waals surface area contributed by atoms with Gasteiger partial charge in [-0.1, -0.05) is 72.8 Å². The van der Waals surface area contributed by atoms with Crippen molar-refractivity contribution in [3.05, 3.63) is 83.9 Å². The van der Waals surface area contributed by atoms with Crippen LogP contribution in [0.1, 0.15) is 30.4 Å². The minimum absolute atomic E-state index is 0.708. The molecule has 104 valence electrons. The number of hydrogen-bond acceptors (Lipinski definition) is 0. The summed E-state index contributed by atoms with van der Waals surface area (Å²) in [7, 11) is 0. The number of benzene rings is 2. The SMILES string of the molecule is C1=C(c2ccccc2)C[C@@H]2C=C(c3ccccc3)C[C@H]1C2. The zero-order chi connectivity index (χ0) is 14.1. The van der Waals surface area contributed by atoms with Gasteiger partial charge < -0.3 is 0 Å². The Balaban J connectivity index is 1.61. The molecule has 0 aliphatic heterocycles. The van der Waals surface area contributed by atoms with E-state index in [4.69, 9.17) is 0 Å². The zero-order valence-electron chi connectivity index (χ0n) is 12.2. The normalized spacial score (nSPS) is 24.2. The van der Waals surface area contributed by atoms with E-state index in [0.29, 0.717) is 11.8 Å². The van der Waals surface area contributed by atoms with E-state index < -0.39 is 0 Å². The van der Waals surface area contributed by atoms with Gasteiger partial charge in [0.05, 0.1) is 0 Å². The van der Waals surface area contributed by atoms with Gasteiger partial charge in [-0.3, -0.25) is 0 Å². The van der Waals surface area contributed by atoms with E-state index >= 15 is 0 Å². The van der Waals surface area contributed by atoms with Crippen molar-refractivity contribution in [3.8, 4) is 0 Å². The highest BCUT2D eigenvalue weighted by atomic mass is 14.3. The molecule has 0 spiro atoms. The van der Waals surface area contributed by atoms with Gasteiger partial charge in [-0.15, -0.1) is 0 Å². The second kappa shape index (κ2) is 5.37. The third-order valence-electron chi connectivity index (χ3n) is 4.73. The van der Waals surface area contributed by atoms with Crippen LogP contribution in [-0.4, -0.2) is 0 Å². The van der Waals surface area contributed by atoms with E-state index in [2.05, 4.69) is 72.8 Å². The average molecular weight is 272 g/mol. The summed E-state index contributed by atoms with van der Waals surface area (Å²) in [4.78, 5) is 0. The van der Waals surface area contributed by atoms with Crippen LogP contribution in [0.15, 0.2) is 72.8 Å². The minimum atomic E-state index is 0.708. The molecule has 0 heterocycles. The van der Waals surface area contributed by atoms with Crippen molar-refractivity contribution in [1.29, 1.82) is 0 Å². The van der Waals surface area contributed by atoms with E-state index in [0.717, 1.165) is 0 Å². The van der Waals surface area contributed by atoms with Crippen LogP contribution in [0.5, 0.6) is 0 Å². The number of rotatable bonds is 2. The van der Waals surface area contributed by atoms with E-state index in [1.807, 2.05) is 0 Å². The molecule has 2 aliphatic rings. The van der Waals surface area contributed by atoms with Gasteiger partial charge in [-0.25, -0.2) is 0 Å². The van der Waals surface area contributed by atoms with E-state index in [9.17, 15) is 0 Å². The summed E-state index contributed by atoms with van der Waals surface area (Å²) >= 11 is 0. The van der Waals surface area contributed by atoms with Crippen LogP contribution in [0.3, 0.4) is 0 Å². The molecule has 0 amide bonds. The van der Waals surface area contributed by atoms with Crippen LogP contribution in [0, 0.1) is 11.8 Å². The summed E-state index contributed by atoms with van der Waals surface area (Å²) in [5.41, 5.74) is 5.90. The topological polar surface area (TPSA) is 0 Å². The van der Waals surface area contributed by atoms with Crippen LogP contribution in [0.4, 0.5) is 0 Å². The van der Waals surface area contributed by atoms with Gasteiger partial charge in [0.15, 0.2) is 0 Å². The Morgan fingerprint density at radius 3 is 1.43 bits per heavy atom. The third kappa shape index (κ3) is 2.58. The standard InChI is InChI=1S/C21H20/c1-3-7-18(8-4-1)20-12-16-11-17(13-20)15-21(14-16)19-9-5-2-6-10-19/h1-10,12,15-17H,11,13-14H2/t16-,17+/m0/s1.